The quantitative estimate of drug-likeness (QED) is 0.638. The van der Waals surface area contributed by atoms with Crippen molar-refractivity contribution in [3.63, 3.8) is 0 Å². The number of nitro groups is 1. The molecule has 1 aliphatic rings. The predicted molar refractivity (Wildman–Crippen MR) is 74.1 cm³/mol. The summed E-state index contributed by atoms with van der Waals surface area (Å²) in [5, 5.41) is 19.6. The summed E-state index contributed by atoms with van der Waals surface area (Å²) >= 11 is 0. The molecule has 0 aromatic carbocycles. The van der Waals surface area contributed by atoms with E-state index in [1.54, 1.807) is 0 Å². The predicted octanol–water partition coefficient (Wildman–Crippen LogP) is 0.915. The third-order valence-electron chi connectivity index (χ3n) is 3.55. The minimum atomic E-state index is -3.74. The van der Waals surface area contributed by atoms with E-state index in [1.165, 1.54) is 10.4 Å². The van der Waals surface area contributed by atoms with Crippen LogP contribution in [0.3, 0.4) is 0 Å². The lowest BCUT2D eigenvalue weighted by Crippen LogP contribution is -2.44. The molecular weight excluding hydrogens is 298 g/mol. The normalized spacial score (nSPS) is 20.3. The van der Waals surface area contributed by atoms with Gasteiger partial charge in [-0.25, -0.2) is 8.42 Å². The van der Waals surface area contributed by atoms with Crippen LogP contribution in [0.4, 0.5) is 5.82 Å². The molecule has 0 saturated carbocycles. The van der Waals surface area contributed by atoms with Crippen molar-refractivity contribution in [1.82, 2.24) is 9.29 Å². The second-order valence-corrected chi connectivity index (χ2v) is 6.78. The SMILES string of the molecule is O=[N+]([O-])c1ccc(S(=O)(=O)N2CCCCC2CCO)cn1. The maximum atomic E-state index is 12.6. The fourth-order valence-corrected chi connectivity index (χ4v) is 4.17. The van der Waals surface area contributed by atoms with Crippen LogP contribution in [0.5, 0.6) is 0 Å². The molecule has 1 aromatic rings. The Labute approximate surface area is 122 Å². The molecule has 1 unspecified atom stereocenters. The number of hydrogen-bond acceptors (Lipinski definition) is 6. The van der Waals surface area contributed by atoms with Gasteiger partial charge in [-0.05, 0) is 35.2 Å². The van der Waals surface area contributed by atoms with E-state index in [4.69, 9.17) is 5.11 Å². The molecule has 1 saturated heterocycles. The van der Waals surface area contributed by atoms with Crippen molar-refractivity contribution < 1.29 is 18.4 Å². The lowest BCUT2D eigenvalue weighted by Gasteiger charge is -2.34. The van der Waals surface area contributed by atoms with Crippen LogP contribution in [-0.2, 0) is 10.0 Å². The molecule has 2 rings (SSSR count). The van der Waals surface area contributed by atoms with Crippen molar-refractivity contribution in [3.05, 3.63) is 28.4 Å². The number of aliphatic hydroxyl groups excluding tert-OH is 1. The van der Waals surface area contributed by atoms with Crippen molar-refractivity contribution >= 4 is 15.8 Å². The third kappa shape index (κ3) is 3.36. The van der Waals surface area contributed by atoms with Crippen LogP contribution >= 0.6 is 0 Å². The van der Waals surface area contributed by atoms with Crippen LogP contribution in [0.25, 0.3) is 0 Å². The molecule has 116 valence electrons. The Morgan fingerprint density at radius 2 is 2.19 bits per heavy atom. The molecule has 1 atom stereocenters. The van der Waals surface area contributed by atoms with Gasteiger partial charge in [0.2, 0.25) is 10.0 Å². The number of sulfonamides is 1. The van der Waals surface area contributed by atoms with Gasteiger partial charge in [0.1, 0.15) is 4.90 Å². The van der Waals surface area contributed by atoms with Crippen LogP contribution in [0.2, 0.25) is 0 Å². The lowest BCUT2D eigenvalue weighted by molar-refractivity contribution is -0.389. The van der Waals surface area contributed by atoms with E-state index in [-0.39, 0.29) is 23.4 Å². The topological polar surface area (TPSA) is 114 Å². The second kappa shape index (κ2) is 6.46. The van der Waals surface area contributed by atoms with Crippen molar-refractivity contribution in [1.29, 1.82) is 0 Å². The average Bonchev–Trinajstić information content (AvgIpc) is 2.48. The van der Waals surface area contributed by atoms with E-state index >= 15 is 0 Å². The molecule has 0 radical (unpaired) electrons. The van der Waals surface area contributed by atoms with E-state index in [0.29, 0.717) is 19.4 Å². The van der Waals surface area contributed by atoms with Gasteiger partial charge < -0.3 is 15.2 Å². The van der Waals surface area contributed by atoms with Crippen molar-refractivity contribution in [2.45, 2.75) is 36.6 Å². The molecule has 0 spiro atoms. The number of pyridine rings is 1. The van der Waals surface area contributed by atoms with E-state index in [1.807, 2.05) is 0 Å². The van der Waals surface area contributed by atoms with Crippen molar-refractivity contribution in [2.75, 3.05) is 13.2 Å². The highest BCUT2D eigenvalue weighted by Gasteiger charge is 2.34. The average molecular weight is 315 g/mol. The Kier molecular flexibility index (Phi) is 4.86. The molecule has 0 amide bonds. The molecule has 2 heterocycles. The molecule has 9 heteroatoms. The summed E-state index contributed by atoms with van der Waals surface area (Å²) in [6, 6.07) is 2.05. The molecule has 1 N–H and O–H groups in total. The molecule has 21 heavy (non-hydrogen) atoms. The molecule has 1 fully saturated rings. The fourth-order valence-electron chi connectivity index (χ4n) is 2.50. The summed E-state index contributed by atoms with van der Waals surface area (Å²) in [6.07, 6.45) is 3.80. The monoisotopic (exact) mass is 315 g/mol. The van der Waals surface area contributed by atoms with Gasteiger partial charge in [-0.2, -0.15) is 4.31 Å². The highest BCUT2D eigenvalue weighted by atomic mass is 32.2. The van der Waals surface area contributed by atoms with Crippen LogP contribution in [-0.4, -0.2) is 46.9 Å². The van der Waals surface area contributed by atoms with E-state index in [0.717, 1.165) is 25.1 Å². The number of nitrogens with zero attached hydrogens (tertiary/aromatic N) is 3. The first-order valence-corrected chi connectivity index (χ1v) is 8.14. The van der Waals surface area contributed by atoms with Crippen LogP contribution in [0, 0.1) is 10.1 Å². The first-order valence-electron chi connectivity index (χ1n) is 6.70. The zero-order chi connectivity index (χ0) is 15.5. The van der Waals surface area contributed by atoms with E-state index in [2.05, 4.69) is 4.98 Å². The minimum Gasteiger partial charge on any atom is -0.396 e. The molecular formula is C12H17N3O5S. The Morgan fingerprint density at radius 1 is 1.43 bits per heavy atom. The largest absolute Gasteiger partial charge is 0.396 e. The summed E-state index contributed by atoms with van der Waals surface area (Å²) in [5.74, 6) is -0.389. The molecule has 0 bridgehead atoms. The number of aromatic nitrogens is 1. The molecule has 1 aliphatic heterocycles. The smallest absolute Gasteiger partial charge is 0.363 e. The summed E-state index contributed by atoms with van der Waals surface area (Å²) < 4.78 is 26.5. The highest BCUT2D eigenvalue weighted by Crippen LogP contribution is 2.27. The van der Waals surface area contributed by atoms with Gasteiger partial charge >= 0.3 is 5.82 Å². The summed E-state index contributed by atoms with van der Waals surface area (Å²) in [7, 11) is -3.74. The lowest BCUT2D eigenvalue weighted by atomic mass is 10.0. The van der Waals surface area contributed by atoms with Gasteiger partial charge in [-0.3, -0.25) is 0 Å². The first-order chi connectivity index (χ1) is 9.96. The number of piperidine rings is 1. The van der Waals surface area contributed by atoms with Gasteiger partial charge in [0, 0.05) is 25.3 Å². The summed E-state index contributed by atoms with van der Waals surface area (Å²) in [4.78, 5) is 13.4. The number of aliphatic hydroxyl groups is 1. The van der Waals surface area contributed by atoms with Crippen molar-refractivity contribution in [3.8, 4) is 0 Å². The Balaban J connectivity index is 2.28. The zero-order valence-electron chi connectivity index (χ0n) is 11.4. The fraction of sp³-hybridized carbons (Fsp3) is 0.583. The van der Waals surface area contributed by atoms with E-state index < -0.39 is 14.9 Å². The van der Waals surface area contributed by atoms with Gasteiger partial charge in [-0.15, -0.1) is 0 Å². The van der Waals surface area contributed by atoms with Crippen LogP contribution in [0.15, 0.2) is 23.2 Å². The standard InChI is InChI=1S/C12H17N3O5S/c16-8-6-10-3-1-2-7-14(10)21(19,20)11-4-5-12(13-9-11)15(17)18/h4-5,9-10,16H,1-3,6-8H2. The molecule has 0 aliphatic carbocycles. The number of rotatable bonds is 5. The van der Waals surface area contributed by atoms with Gasteiger partial charge in [0.05, 0.1) is 0 Å². The van der Waals surface area contributed by atoms with Gasteiger partial charge in [0.15, 0.2) is 6.20 Å². The Hall–Kier alpha value is -1.58. The highest BCUT2D eigenvalue weighted by molar-refractivity contribution is 7.89. The summed E-state index contributed by atoms with van der Waals surface area (Å²) in [5.41, 5.74) is 0. The van der Waals surface area contributed by atoms with Gasteiger partial charge in [0.25, 0.3) is 0 Å². The van der Waals surface area contributed by atoms with E-state index in [9.17, 15) is 18.5 Å². The van der Waals surface area contributed by atoms with Crippen molar-refractivity contribution in [2.24, 2.45) is 0 Å². The minimum absolute atomic E-state index is 0.0575. The first kappa shape index (κ1) is 15.8. The maximum absolute atomic E-state index is 12.6. The van der Waals surface area contributed by atoms with Crippen LogP contribution in [0.1, 0.15) is 25.7 Å². The molecule has 1 aromatic heterocycles. The molecule has 8 nitrogen and oxygen atoms in total. The summed E-state index contributed by atoms with van der Waals surface area (Å²) in [6.45, 7) is 0.319. The maximum Gasteiger partial charge on any atom is 0.363 e. The second-order valence-electron chi connectivity index (χ2n) is 4.89. The zero-order valence-corrected chi connectivity index (χ0v) is 12.2. The van der Waals surface area contributed by atoms with Gasteiger partial charge in [-0.1, -0.05) is 6.42 Å². The number of hydrogen-bond donors (Lipinski definition) is 1. The van der Waals surface area contributed by atoms with Crippen LogP contribution < -0.4 is 0 Å². The Bertz CT molecular complexity index is 600. The third-order valence-corrected chi connectivity index (χ3v) is 5.49. The Morgan fingerprint density at radius 3 is 2.76 bits per heavy atom.